The van der Waals surface area contributed by atoms with E-state index < -0.39 is 10.1 Å². The molecule has 1 aromatic carbocycles. The highest BCUT2D eigenvalue weighted by molar-refractivity contribution is 7.86. The summed E-state index contributed by atoms with van der Waals surface area (Å²) < 4.78 is 32.9. The second kappa shape index (κ2) is 14.8. The maximum atomic E-state index is 11.7. The molecule has 0 saturated heterocycles. The van der Waals surface area contributed by atoms with E-state index in [0.717, 1.165) is 44.1 Å². The van der Waals surface area contributed by atoms with Gasteiger partial charge in [0.25, 0.3) is 10.1 Å². The Morgan fingerprint density at radius 1 is 0.690 bits per heavy atom. The van der Waals surface area contributed by atoms with E-state index >= 15 is 0 Å². The van der Waals surface area contributed by atoms with E-state index in [1.54, 1.807) is 0 Å². The van der Waals surface area contributed by atoms with E-state index in [9.17, 15) is 18.1 Å². The average molecular weight is 427 g/mol. The second-order valence-corrected chi connectivity index (χ2v) is 9.71. The normalized spacial score (nSPS) is 11.8. The Bertz CT molecular complexity index is 668. The molecule has 168 valence electrons. The largest absolute Gasteiger partial charge is 0.506 e. The van der Waals surface area contributed by atoms with Crippen LogP contribution >= 0.6 is 0 Å². The number of hydrogen-bond acceptors (Lipinski definition) is 3. The number of phenolic OH excluding ortho intramolecular Hbond substituents is 1. The standard InChI is InChI=1S/C24H42O4S/c1-3-5-7-9-11-12-13-15-17-21-19-22(18-16-14-10-8-6-4-2)24(25)23(20-21)29(26,27)28/h19-20,25H,3-18H2,1-2H3,(H,26,27,28). The van der Waals surface area contributed by atoms with Crippen LogP contribution in [-0.4, -0.2) is 18.1 Å². The first-order valence-electron chi connectivity index (χ1n) is 11.7. The summed E-state index contributed by atoms with van der Waals surface area (Å²) in [4.78, 5) is -0.337. The summed E-state index contributed by atoms with van der Waals surface area (Å²) in [6, 6.07) is 3.37. The van der Waals surface area contributed by atoms with Crippen LogP contribution in [0.1, 0.15) is 115 Å². The Labute approximate surface area is 178 Å². The van der Waals surface area contributed by atoms with Crippen molar-refractivity contribution in [1.82, 2.24) is 0 Å². The van der Waals surface area contributed by atoms with Crippen molar-refractivity contribution in [2.45, 2.75) is 121 Å². The number of rotatable bonds is 17. The summed E-state index contributed by atoms with van der Waals surface area (Å²) >= 11 is 0. The van der Waals surface area contributed by atoms with Crippen LogP contribution in [0.15, 0.2) is 17.0 Å². The third kappa shape index (κ3) is 11.0. The van der Waals surface area contributed by atoms with E-state index in [1.807, 2.05) is 6.07 Å². The first kappa shape index (κ1) is 26.0. The molecule has 1 aromatic rings. The average Bonchev–Trinajstić information content (AvgIpc) is 2.67. The van der Waals surface area contributed by atoms with Crippen LogP contribution in [0, 0.1) is 0 Å². The predicted molar refractivity (Wildman–Crippen MR) is 121 cm³/mol. The molecule has 4 nitrogen and oxygen atoms in total. The van der Waals surface area contributed by atoms with Crippen LogP contribution in [0.25, 0.3) is 0 Å². The maximum absolute atomic E-state index is 11.7. The molecule has 0 spiro atoms. The summed E-state index contributed by atoms with van der Waals surface area (Å²) in [5.74, 6) is -0.277. The fraction of sp³-hybridized carbons (Fsp3) is 0.750. The topological polar surface area (TPSA) is 74.6 Å². The number of benzene rings is 1. The van der Waals surface area contributed by atoms with Gasteiger partial charge in [0.15, 0.2) is 0 Å². The minimum Gasteiger partial charge on any atom is -0.506 e. The lowest BCUT2D eigenvalue weighted by atomic mass is 9.99. The van der Waals surface area contributed by atoms with Crippen molar-refractivity contribution >= 4 is 10.1 Å². The second-order valence-electron chi connectivity index (χ2n) is 8.32. The van der Waals surface area contributed by atoms with Gasteiger partial charge in [-0.1, -0.05) is 97.0 Å². The van der Waals surface area contributed by atoms with Gasteiger partial charge in [-0.25, -0.2) is 0 Å². The van der Waals surface area contributed by atoms with Gasteiger partial charge >= 0.3 is 0 Å². The lowest BCUT2D eigenvalue weighted by Gasteiger charge is -2.12. The molecule has 5 heteroatoms. The Kier molecular flexibility index (Phi) is 13.3. The number of unbranched alkanes of at least 4 members (excludes halogenated alkanes) is 12. The van der Waals surface area contributed by atoms with Gasteiger partial charge in [0.2, 0.25) is 0 Å². The van der Waals surface area contributed by atoms with Crippen LogP contribution in [0.5, 0.6) is 5.75 Å². The zero-order valence-electron chi connectivity index (χ0n) is 18.6. The van der Waals surface area contributed by atoms with Crippen LogP contribution in [0.2, 0.25) is 0 Å². The summed E-state index contributed by atoms with van der Waals surface area (Å²) in [5.41, 5.74) is 1.53. The Morgan fingerprint density at radius 2 is 1.14 bits per heavy atom. The van der Waals surface area contributed by atoms with Crippen molar-refractivity contribution in [3.63, 3.8) is 0 Å². The molecule has 0 amide bonds. The molecule has 1 rings (SSSR count). The lowest BCUT2D eigenvalue weighted by Crippen LogP contribution is -2.03. The van der Waals surface area contributed by atoms with E-state index in [0.29, 0.717) is 12.0 Å². The highest BCUT2D eigenvalue weighted by Gasteiger charge is 2.19. The molecule has 0 aromatic heterocycles. The molecule has 0 aliphatic heterocycles. The van der Waals surface area contributed by atoms with Gasteiger partial charge < -0.3 is 5.11 Å². The summed E-state index contributed by atoms with van der Waals surface area (Å²) in [6.07, 6.45) is 18.0. The maximum Gasteiger partial charge on any atom is 0.298 e. The fourth-order valence-corrected chi connectivity index (χ4v) is 4.49. The Morgan fingerprint density at radius 3 is 1.62 bits per heavy atom. The van der Waals surface area contributed by atoms with Crippen LogP contribution in [-0.2, 0) is 23.0 Å². The van der Waals surface area contributed by atoms with Gasteiger partial charge in [0.05, 0.1) is 0 Å². The first-order valence-corrected chi connectivity index (χ1v) is 13.2. The summed E-state index contributed by atoms with van der Waals surface area (Å²) in [7, 11) is -4.42. The van der Waals surface area contributed by atoms with E-state index in [1.165, 1.54) is 63.9 Å². The zero-order chi connectivity index (χ0) is 21.5. The van der Waals surface area contributed by atoms with Crippen molar-refractivity contribution < 1.29 is 18.1 Å². The molecule has 0 atom stereocenters. The molecule has 0 saturated carbocycles. The molecule has 29 heavy (non-hydrogen) atoms. The smallest absolute Gasteiger partial charge is 0.298 e. The highest BCUT2D eigenvalue weighted by Crippen LogP contribution is 2.31. The molecule has 0 radical (unpaired) electrons. The number of aryl methyl sites for hydroxylation is 2. The van der Waals surface area contributed by atoms with Gasteiger partial charge in [0, 0.05) is 0 Å². The molecule has 0 heterocycles. The molecule has 0 fully saturated rings. The van der Waals surface area contributed by atoms with Crippen molar-refractivity contribution in [2.24, 2.45) is 0 Å². The van der Waals surface area contributed by atoms with Gasteiger partial charge in [-0.3, -0.25) is 4.55 Å². The molecule has 0 unspecified atom stereocenters. The fourth-order valence-electron chi connectivity index (χ4n) is 3.82. The van der Waals surface area contributed by atoms with Crippen LogP contribution < -0.4 is 0 Å². The molecule has 0 aliphatic carbocycles. The number of hydrogen-bond donors (Lipinski definition) is 2. The summed E-state index contributed by atoms with van der Waals surface area (Å²) in [5, 5.41) is 10.4. The van der Waals surface area contributed by atoms with E-state index in [2.05, 4.69) is 13.8 Å². The molecule has 2 N–H and O–H groups in total. The summed E-state index contributed by atoms with van der Waals surface area (Å²) in [6.45, 7) is 4.41. The first-order chi connectivity index (χ1) is 13.9. The van der Waals surface area contributed by atoms with Crippen LogP contribution in [0.4, 0.5) is 0 Å². The van der Waals surface area contributed by atoms with E-state index in [4.69, 9.17) is 0 Å². The van der Waals surface area contributed by atoms with E-state index in [-0.39, 0.29) is 10.6 Å². The van der Waals surface area contributed by atoms with Crippen molar-refractivity contribution in [1.29, 1.82) is 0 Å². The quantitative estimate of drug-likeness (QED) is 0.203. The molecular formula is C24H42O4S. The third-order valence-corrected chi connectivity index (χ3v) is 6.48. The zero-order valence-corrected chi connectivity index (χ0v) is 19.4. The highest BCUT2D eigenvalue weighted by atomic mass is 32.2. The van der Waals surface area contributed by atoms with Crippen molar-refractivity contribution in [3.05, 3.63) is 23.3 Å². The minimum absolute atomic E-state index is 0.277. The molecule has 0 bridgehead atoms. The van der Waals surface area contributed by atoms with Gasteiger partial charge in [0.1, 0.15) is 10.6 Å². The van der Waals surface area contributed by atoms with Gasteiger partial charge in [-0.05, 0) is 42.9 Å². The molecule has 0 aliphatic rings. The number of aromatic hydroxyl groups is 1. The number of phenols is 1. The van der Waals surface area contributed by atoms with Gasteiger partial charge in [-0.15, -0.1) is 0 Å². The van der Waals surface area contributed by atoms with Crippen LogP contribution in [0.3, 0.4) is 0 Å². The van der Waals surface area contributed by atoms with Crippen molar-refractivity contribution in [3.8, 4) is 5.75 Å². The van der Waals surface area contributed by atoms with Crippen molar-refractivity contribution in [2.75, 3.05) is 0 Å². The molecular weight excluding hydrogens is 384 g/mol. The third-order valence-electron chi connectivity index (χ3n) is 5.61. The Hall–Kier alpha value is -1.07. The predicted octanol–water partition coefficient (Wildman–Crippen LogP) is 7.23. The van der Waals surface area contributed by atoms with Gasteiger partial charge in [-0.2, -0.15) is 8.42 Å². The Balaban J connectivity index is 2.60. The SMILES string of the molecule is CCCCCCCCCCc1cc(CCCCCCCC)c(O)c(S(=O)(=O)O)c1. The lowest BCUT2D eigenvalue weighted by molar-refractivity contribution is 0.436. The monoisotopic (exact) mass is 426 g/mol. The minimum atomic E-state index is -4.42.